The number of rotatable bonds is 6. The highest BCUT2D eigenvalue weighted by Crippen LogP contribution is 2.31. The van der Waals surface area contributed by atoms with Crippen molar-refractivity contribution in [2.45, 2.75) is 12.8 Å². The average Bonchev–Trinajstić information content (AvgIpc) is 2.97. The largest absolute Gasteiger partial charge is 0.481 e. The maximum atomic E-state index is 10.9. The quantitative estimate of drug-likeness (QED) is 0.695. The molecule has 1 N–H and O–H groups in total. The van der Waals surface area contributed by atoms with Crippen LogP contribution in [-0.4, -0.2) is 16.1 Å². The first-order chi connectivity index (χ1) is 11.6. The molecule has 0 saturated carbocycles. The van der Waals surface area contributed by atoms with Gasteiger partial charge in [0.25, 0.3) is 0 Å². The van der Waals surface area contributed by atoms with E-state index in [2.05, 4.69) is 4.98 Å². The van der Waals surface area contributed by atoms with Gasteiger partial charge in [0.1, 0.15) is 17.2 Å². The number of para-hydroxylation sites is 1. The summed E-state index contributed by atoms with van der Waals surface area (Å²) in [5.74, 6) is 0.149. The van der Waals surface area contributed by atoms with Crippen molar-refractivity contribution in [2.24, 2.45) is 0 Å². The van der Waals surface area contributed by atoms with Crippen LogP contribution in [0.4, 0.5) is 0 Å². The van der Waals surface area contributed by atoms with E-state index < -0.39 is 5.97 Å². The third-order valence-corrected chi connectivity index (χ3v) is 3.56. The lowest BCUT2D eigenvalue weighted by atomic mass is 10.1. The van der Waals surface area contributed by atoms with E-state index in [9.17, 15) is 4.79 Å². The molecule has 0 aliphatic heterocycles. The molecule has 0 bridgehead atoms. The highest BCUT2D eigenvalue weighted by molar-refractivity contribution is 6.30. The normalized spacial score (nSPS) is 10.5. The molecule has 0 saturated heterocycles. The lowest BCUT2D eigenvalue weighted by molar-refractivity contribution is -0.137. The van der Waals surface area contributed by atoms with E-state index in [-0.39, 0.29) is 18.9 Å². The van der Waals surface area contributed by atoms with Crippen LogP contribution < -0.4 is 4.74 Å². The number of halogens is 1. The molecule has 6 heteroatoms. The van der Waals surface area contributed by atoms with E-state index in [0.29, 0.717) is 22.2 Å². The van der Waals surface area contributed by atoms with Crippen molar-refractivity contribution in [1.29, 1.82) is 0 Å². The number of nitrogens with zero attached hydrogens (tertiary/aromatic N) is 1. The van der Waals surface area contributed by atoms with Crippen molar-refractivity contribution in [2.75, 3.05) is 0 Å². The fourth-order valence-corrected chi connectivity index (χ4v) is 2.31. The minimum Gasteiger partial charge on any atom is -0.481 e. The van der Waals surface area contributed by atoms with Crippen molar-refractivity contribution in [3.63, 3.8) is 0 Å². The summed E-state index contributed by atoms with van der Waals surface area (Å²) in [6, 6.07) is 16.2. The summed E-state index contributed by atoms with van der Waals surface area (Å²) in [6.45, 7) is 0. The summed E-state index contributed by atoms with van der Waals surface area (Å²) in [6.07, 6.45) is 0.241. The number of benzene rings is 2. The molecule has 3 aromatic rings. The molecule has 5 nitrogen and oxygen atoms in total. The molecule has 0 spiro atoms. The summed E-state index contributed by atoms with van der Waals surface area (Å²) >= 11 is 5.91. The van der Waals surface area contributed by atoms with Gasteiger partial charge in [-0.3, -0.25) is 4.79 Å². The van der Waals surface area contributed by atoms with E-state index in [1.807, 2.05) is 18.2 Å². The standard InChI is InChI=1S/C18H14ClNO4/c19-13-8-6-12(7-9-13)17-15(10-11-16(21)22)24-18(20-17)23-14-4-2-1-3-5-14/h1-9H,10-11H2,(H,21,22). The summed E-state index contributed by atoms with van der Waals surface area (Å²) in [5.41, 5.74) is 1.34. The molecular weight excluding hydrogens is 330 g/mol. The number of aliphatic carboxylic acids is 1. The SMILES string of the molecule is O=C(O)CCc1oc(Oc2ccccc2)nc1-c1ccc(Cl)cc1. The van der Waals surface area contributed by atoms with E-state index in [4.69, 9.17) is 25.9 Å². The molecule has 0 atom stereocenters. The third-order valence-electron chi connectivity index (χ3n) is 3.31. The van der Waals surface area contributed by atoms with E-state index in [0.717, 1.165) is 5.56 Å². The number of carboxylic acid groups (broad SMARTS) is 1. The number of ether oxygens (including phenoxy) is 1. The van der Waals surface area contributed by atoms with Crippen LogP contribution in [0, 0.1) is 0 Å². The third kappa shape index (κ3) is 3.94. The van der Waals surface area contributed by atoms with Gasteiger partial charge in [-0.15, -0.1) is 0 Å². The van der Waals surface area contributed by atoms with Crippen molar-refractivity contribution in [1.82, 2.24) is 4.98 Å². The molecule has 1 heterocycles. The number of aromatic nitrogens is 1. The predicted molar refractivity (Wildman–Crippen MR) is 89.4 cm³/mol. The summed E-state index contributed by atoms with van der Waals surface area (Å²) < 4.78 is 11.2. The van der Waals surface area contributed by atoms with Crippen molar-refractivity contribution < 1.29 is 19.1 Å². The maximum absolute atomic E-state index is 10.9. The lowest BCUT2D eigenvalue weighted by Gasteiger charge is -1.99. The van der Waals surface area contributed by atoms with Crippen LogP contribution in [0.2, 0.25) is 5.02 Å². The molecular formula is C18H14ClNO4. The molecule has 0 radical (unpaired) electrons. The van der Waals surface area contributed by atoms with Crippen LogP contribution >= 0.6 is 11.6 Å². The van der Waals surface area contributed by atoms with Crippen LogP contribution in [0.1, 0.15) is 12.2 Å². The Hall–Kier alpha value is -2.79. The first-order valence-electron chi connectivity index (χ1n) is 7.32. The van der Waals surface area contributed by atoms with Gasteiger partial charge in [0, 0.05) is 17.0 Å². The van der Waals surface area contributed by atoms with Crippen LogP contribution in [0.15, 0.2) is 59.0 Å². The Bertz CT molecular complexity index is 828. The van der Waals surface area contributed by atoms with E-state index in [1.54, 1.807) is 36.4 Å². The lowest BCUT2D eigenvalue weighted by Crippen LogP contribution is -1.97. The van der Waals surface area contributed by atoms with E-state index >= 15 is 0 Å². The van der Waals surface area contributed by atoms with Crippen LogP contribution in [0.3, 0.4) is 0 Å². The van der Waals surface area contributed by atoms with Gasteiger partial charge in [-0.25, -0.2) is 0 Å². The van der Waals surface area contributed by atoms with Gasteiger partial charge >= 0.3 is 12.0 Å². The Balaban J connectivity index is 1.92. The number of hydrogen-bond acceptors (Lipinski definition) is 4. The molecule has 0 aliphatic rings. The second kappa shape index (κ2) is 7.19. The van der Waals surface area contributed by atoms with Gasteiger partial charge in [-0.1, -0.05) is 41.9 Å². The zero-order chi connectivity index (χ0) is 16.9. The highest BCUT2D eigenvalue weighted by atomic mass is 35.5. The monoisotopic (exact) mass is 343 g/mol. The van der Waals surface area contributed by atoms with Crippen molar-refractivity contribution in [3.8, 4) is 23.1 Å². The Morgan fingerprint density at radius 1 is 1.12 bits per heavy atom. The molecule has 122 valence electrons. The molecule has 0 unspecified atom stereocenters. The van der Waals surface area contributed by atoms with Gasteiger partial charge in [0.05, 0.1) is 6.42 Å². The molecule has 24 heavy (non-hydrogen) atoms. The second-order valence-corrected chi connectivity index (χ2v) is 5.50. The topological polar surface area (TPSA) is 72.6 Å². The summed E-state index contributed by atoms with van der Waals surface area (Å²) in [4.78, 5) is 15.2. The Kier molecular flexibility index (Phi) is 4.82. The number of aryl methyl sites for hydroxylation is 1. The minimum absolute atomic E-state index is 0.0550. The Morgan fingerprint density at radius 2 is 1.83 bits per heavy atom. The minimum atomic E-state index is -0.904. The van der Waals surface area contributed by atoms with Crippen LogP contribution in [-0.2, 0) is 11.2 Å². The van der Waals surface area contributed by atoms with Crippen LogP contribution in [0.5, 0.6) is 11.8 Å². The van der Waals surface area contributed by atoms with Gasteiger partial charge in [0.15, 0.2) is 0 Å². The first-order valence-corrected chi connectivity index (χ1v) is 7.70. The molecule has 0 fully saturated rings. The molecule has 2 aromatic carbocycles. The highest BCUT2D eigenvalue weighted by Gasteiger charge is 2.17. The number of oxazole rings is 1. The molecule has 3 rings (SSSR count). The van der Waals surface area contributed by atoms with Gasteiger partial charge in [0.2, 0.25) is 0 Å². The number of carboxylic acids is 1. The fourth-order valence-electron chi connectivity index (χ4n) is 2.19. The zero-order valence-corrected chi connectivity index (χ0v) is 13.4. The summed E-state index contributed by atoms with van der Waals surface area (Å²) in [5, 5.41) is 9.51. The predicted octanol–water partition coefficient (Wildman–Crippen LogP) is 4.80. The Labute approximate surface area is 143 Å². The van der Waals surface area contributed by atoms with Crippen molar-refractivity contribution in [3.05, 3.63) is 65.4 Å². The summed E-state index contributed by atoms with van der Waals surface area (Å²) in [7, 11) is 0. The Morgan fingerprint density at radius 3 is 2.50 bits per heavy atom. The van der Waals surface area contributed by atoms with Crippen LogP contribution in [0.25, 0.3) is 11.3 Å². The number of carbonyl (C=O) groups is 1. The van der Waals surface area contributed by atoms with Gasteiger partial charge in [-0.2, -0.15) is 4.98 Å². The number of hydrogen-bond donors (Lipinski definition) is 1. The molecule has 1 aromatic heterocycles. The molecule has 0 amide bonds. The maximum Gasteiger partial charge on any atom is 0.399 e. The smallest absolute Gasteiger partial charge is 0.399 e. The average molecular weight is 344 g/mol. The second-order valence-electron chi connectivity index (χ2n) is 5.07. The van der Waals surface area contributed by atoms with E-state index in [1.165, 1.54) is 0 Å². The van der Waals surface area contributed by atoms with Gasteiger partial charge < -0.3 is 14.3 Å². The fraction of sp³-hybridized carbons (Fsp3) is 0.111. The first kappa shape index (κ1) is 16.1. The molecule has 0 aliphatic carbocycles. The van der Waals surface area contributed by atoms with Crippen molar-refractivity contribution >= 4 is 17.6 Å². The van der Waals surface area contributed by atoms with Gasteiger partial charge in [-0.05, 0) is 24.3 Å². The zero-order valence-electron chi connectivity index (χ0n) is 12.6.